The van der Waals surface area contributed by atoms with Gasteiger partial charge in [0, 0.05) is 12.6 Å². The number of nitrogens with zero attached hydrogens (tertiary/aromatic N) is 1. The summed E-state index contributed by atoms with van der Waals surface area (Å²) in [5, 5.41) is 0. The molecule has 0 N–H and O–H groups in total. The summed E-state index contributed by atoms with van der Waals surface area (Å²) in [7, 11) is -3.56. The maximum Gasteiger partial charge on any atom is 0.306 e. The molecule has 1 amide bonds. The molecule has 2 aromatic rings. The Kier molecular flexibility index (Phi) is 8.02. The van der Waals surface area contributed by atoms with Crippen molar-refractivity contribution in [3.05, 3.63) is 65.7 Å². The van der Waals surface area contributed by atoms with Crippen molar-refractivity contribution in [2.24, 2.45) is 0 Å². The number of amides is 1. The molecule has 7 heteroatoms. The standard InChI is InChI=1S/C21H27NO5S/c1-4-17(2)22(21(23)16-26-15-19-8-6-5-7-9-19)14-18-10-12-20(13-11-18)27-28(3,24)25/h5-13,17H,4,14-16H2,1-3H3. The Morgan fingerprint density at radius 1 is 1.04 bits per heavy atom. The molecule has 2 aromatic carbocycles. The van der Waals surface area contributed by atoms with Gasteiger partial charge < -0.3 is 13.8 Å². The topological polar surface area (TPSA) is 72.9 Å². The Bertz CT molecular complexity index is 850. The number of carbonyl (C=O) groups excluding carboxylic acids is 1. The van der Waals surface area contributed by atoms with Gasteiger partial charge in [0.1, 0.15) is 12.4 Å². The van der Waals surface area contributed by atoms with Gasteiger partial charge in [-0.25, -0.2) is 0 Å². The van der Waals surface area contributed by atoms with Gasteiger partial charge in [-0.1, -0.05) is 49.4 Å². The zero-order chi connectivity index (χ0) is 20.6. The van der Waals surface area contributed by atoms with Gasteiger partial charge in [-0.05, 0) is 36.6 Å². The second-order valence-electron chi connectivity index (χ2n) is 6.69. The van der Waals surface area contributed by atoms with Crippen LogP contribution in [0, 0.1) is 0 Å². The molecule has 0 fully saturated rings. The van der Waals surface area contributed by atoms with E-state index in [1.165, 1.54) is 0 Å². The summed E-state index contributed by atoms with van der Waals surface area (Å²) in [6, 6.07) is 16.5. The molecule has 0 saturated heterocycles. The molecule has 152 valence electrons. The third-order valence-electron chi connectivity index (χ3n) is 4.30. The van der Waals surface area contributed by atoms with Crippen LogP contribution in [0.5, 0.6) is 5.75 Å². The first-order chi connectivity index (χ1) is 13.3. The van der Waals surface area contributed by atoms with Crippen LogP contribution in [0.2, 0.25) is 0 Å². The SMILES string of the molecule is CCC(C)N(Cc1ccc(OS(C)(=O)=O)cc1)C(=O)COCc1ccccc1. The van der Waals surface area contributed by atoms with Gasteiger partial charge in [-0.3, -0.25) is 4.79 Å². The quantitative estimate of drug-likeness (QED) is 0.567. The van der Waals surface area contributed by atoms with Crippen molar-refractivity contribution in [2.75, 3.05) is 12.9 Å². The molecule has 0 aliphatic rings. The summed E-state index contributed by atoms with van der Waals surface area (Å²) in [5.74, 6) is 0.167. The molecule has 0 radical (unpaired) electrons. The van der Waals surface area contributed by atoms with E-state index in [0.717, 1.165) is 23.8 Å². The summed E-state index contributed by atoms with van der Waals surface area (Å²) in [6.07, 6.45) is 1.82. The summed E-state index contributed by atoms with van der Waals surface area (Å²) in [6.45, 7) is 4.84. The number of carbonyl (C=O) groups is 1. The van der Waals surface area contributed by atoms with Crippen LogP contribution >= 0.6 is 0 Å². The predicted molar refractivity (Wildman–Crippen MR) is 108 cm³/mol. The molecule has 2 rings (SSSR count). The smallest absolute Gasteiger partial charge is 0.306 e. The molecule has 6 nitrogen and oxygen atoms in total. The fourth-order valence-corrected chi connectivity index (χ4v) is 3.11. The summed E-state index contributed by atoms with van der Waals surface area (Å²) in [4.78, 5) is 14.5. The lowest BCUT2D eigenvalue weighted by atomic mass is 10.1. The van der Waals surface area contributed by atoms with E-state index >= 15 is 0 Å². The maximum atomic E-state index is 12.7. The molecular formula is C21H27NO5S. The summed E-state index contributed by atoms with van der Waals surface area (Å²) >= 11 is 0. The highest BCUT2D eigenvalue weighted by molar-refractivity contribution is 7.86. The third kappa shape index (κ3) is 7.32. The van der Waals surface area contributed by atoms with E-state index in [2.05, 4.69) is 0 Å². The molecule has 0 bridgehead atoms. The first kappa shape index (κ1) is 21.9. The third-order valence-corrected chi connectivity index (χ3v) is 4.80. The van der Waals surface area contributed by atoms with Crippen molar-refractivity contribution in [2.45, 2.75) is 39.5 Å². The van der Waals surface area contributed by atoms with Gasteiger partial charge >= 0.3 is 10.1 Å². The number of ether oxygens (including phenoxy) is 1. The molecule has 28 heavy (non-hydrogen) atoms. The predicted octanol–water partition coefficient (Wildman–Crippen LogP) is 3.37. The minimum atomic E-state index is -3.56. The van der Waals surface area contributed by atoms with Crippen LogP contribution in [0.15, 0.2) is 54.6 Å². The highest BCUT2D eigenvalue weighted by Crippen LogP contribution is 2.17. The second kappa shape index (κ2) is 10.2. The minimum Gasteiger partial charge on any atom is -0.383 e. The van der Waals surface area contributed by atoms with E-state index in [9.17, 15) is 13.2 Å². The Hall–Kier alpha value is -2.38. The van der Waals surface area contributed by atoms with E-state index in [1.807, 2.05) is 44.2 Å². The van der Waals surface area contributed by atoms with Crippen LogP contribution in [0.4, 0.5) is 0 Å². The number of hydrogen-bond acceptors (Lipinski definition) is 5. The fraction of sp³-hybridized carbons (Fsp3) is 0.381. The lowest BCUT2D eigenvalue weighted by Crippen LogP contribution is -2.40. The molecule has 1 atom stereocenters. The lowest BCUT2D eigenvalue weighted by Gasteiger charge is -2.29. The van der Waals surface area contributed by atoms with E-state index < -0.39 is 10.1 Å². The normalized spacial score (nSPS) is 12.4. The first-order valence-electron chi connectivity index (χ1n) is 9.18. The molecule has 1 unspecified atom stereocenters. The molecule has 0 saturated carbocycles. The number of hydrogen-bond donors (Lipinski definition) is 0. The van der Waals surface area contributed by atoms with Crippen molar-refractivity contribution in [3.8, 4) is 5.75 Å². The van der Waals surface area contributed by atoms with Crippen LogP contribution in [0.1, 0.15) is 31.4 Å². The van der Waals surface area contributed by atoms with Crippen LogP contribution in [0.3, 0.4) is 0 Å². The van der Waals surface area contributed by atoms with Crippen molar-refractivity contribution >= 4 is 16.0 Å². The zero-order valence-electron chi connectivity index (χ0n) is 16.5. The highest BCUT2D eigenvalue weighted by atomic mass is 32.2. The Balaban J connectivity index is 1.97. The van der Waals surface area contributed by atoms with Crippen LogP contribution < -0.4 is 4.18 Å². The van der Waals surface area contributed by atoms with Gasteiger partial charge in [0.2, 0.25) is 5.91 Å². The second-order valence-corrected chi connectivity index (χ2v) is 8.26. The first-order valence-corrected chi connectivity index (χ1v) is 11.0. The van der Waals surface area contributed by atoms with E-state index in [1.54, 1.807) is 29.2 Å². The minimum absolute atomic E-state index is 0.00844. The number of rotatable bonds is 10. The molecule has 0 aromatic heterocycles. The Labute approximate surface area is 167 Å². The molecule has 0 aliphatic carbocycles. The molecule has 0 spiro atoms. The maximum absolute atomic E-state index is 12.7. The van der Waals surface area contributed by atoms with E-state index in [0.29, 0.717) is 13.2 Å². The van der Waals surface area contributed by atoms with Crippen molar-refractivity contribution < 1.29 is 22.1 Å². The summed E-state index contributed by atoms with van der Waals surface area (Å²) in [5.41, 5.74) is 1.91. The largest absolute Gasteiger partial charge is 0.383 e. The Morgan fingerprint density at radius 2 is 1.68 bits per heavy atom. The van der Waals surface area contributed by atoms with Crippen LogP contribution in [-0.2, 0) is 32.8 Å². The lowest BCUT2D eigenvalue weighted by molar-refractivity contribution is -0.139. The number of benzene rings is 2. The van der Waals surface area contributed by atoms with E-state index in [4.69, 9.17) is 8.92 Å². The zero-order valence-corrected chi connectivity index (χ0v) is 17.3. The van der Waals surface area contributed by atoms with Crippen molar-refractivity contribution in [1.82, 2.24) is 4.90 Å². The monoisotopic (exact) mass is 405 g/mol. The van der Waals surface area contributed by atoms with Crippen LogP contribution in [-0.4, -0.2) is 38.1 Å². The van der Waals surface area contributed by atoms with Crippen molar-refractivity contribution in [3.63, 3.8) is 0 Å². The van der Waals surface area contributed by atoms with Gasteiger partial charge in [-0.2, -0.15) is 8.42 Å². The van der Waals surface area contributed by atoms with Gasteiger partial charge in [0.25, 0.3) is 0 Å². The van der Waals surface area contributed by atoms with Crippen LogP contribution in [0.25, 0.3) is 0 Å². The van der Waals surface area contributed by atoms with Gasteiger partial charge in [0.15, 0.2) is 0 Å². The highest BCUT2D eigenvalue weighted by Gasteiger charge is 2.19. The summed E-state index contributed by atoms with van der Waals surface area (Å²) < 4.78 is 32.8. The van der Waals surface area contributed by atoms with Crippen molar-refractivity contribution in [1.29, 1.82) is 0 Å². The Morgan fingerprint density at radius 3 is 2.25 bits per heavy atom. The van der Waals surface area contributed by atoms with Gasteiger partial charge in [-0.15, -0.1) is 0 Å². The fourth-order valence-electron chi connectivity index (χ4n) is 2.65. The molecule has 0 aliphatic heterocycles. The average molecular weight is 406 g/mol. The van der Waals surface area contributed by atoms with Gasteiger partial charge in [0.05, 0.1) is 12.9 Å². The molecule has 0 heterocycles. The average Bonchev–Trinajstić information content (AvgIpc) is 2.66. The van der Waals surface area contributed by atoms with E-state index in [-0.39, 0.29) is 24.3 Å². The molecular weight excluding hydrogens is 378 g/mol.